The zero-order valence-corrected chi connectivity index (χ0v) is 8.01. The number of hydrogen-bond donors (Lipinski definition) is 2. The quantitative estimate of drug-likeness (QED) is 0.586. The van der Waals surface area contributed by atoms with Crippen molar-refractivity contribution in [3.63, 3.8) is 0 Å². The fourth-order valence-corrected chi connectivity index (χ4v) is 1.94. The van der Waals surface area contributed by atoms with Crippen LogP contribution in [0.15, 0.2) is 0 Å². The molecule has 0 aromatic carbocycles. The molecule has 0 aromatic rings. The van der Waals surface area contributed by atoms with Gasteiger partial charge in [0.2, 0.25) is 0 Å². The minimum absolute atomic E-state index is 0.448. The van der Waals surface area contributed by atoms with E-state index in [-0.39, 0.29) is 0 Å². The van der Waals surface area contributed by atoms with Crippen LogP contribution in [-0.2, 0) is 0 Å². The third-order valence-corrected chi connectivity index (χ3v) is 2.02. The average Bonchev–Trinajstić information content (AvgIpc) is 1.64. The van der Waals surface area contributed by atoms with Crippen LogP contribution < -0.4 is 0 Å². The molecule has 0 aliphatic heterocycles. The number of hydrogen-bond acceptors (Lipinski definition) is 2. The van der Waals surface area contributed by atoms with Gasteiger partial charge in [0.25, 0.3) is 0 Å². The molecule has 0 aliphatic carbocycles. The second-order valence-corrected chi connectivity index (χ2v) is 4.01. The van der Waals surface area contributed by atoms with E-state index >= 15 is 0 Å². The minimum atomic E-state index is 0.448. The Bertz CT molecular complexity index is 61.3. The van der Waals surface area contributed by atoms with Gasteiger partial charge in [-0.25, -0.2) is 0 Å². The largest absolute Gasteiger partial charge is 0.179 e. The van der Waals surface area contributed by atoms with E-state index < -0.39 is 0 Å². The van der Waals surface area contributed by atoms with Crippen LogP contribution >= 0.6 is 25.3 Å². The molecule has 0 unspecified atom stereocenters. The van der Waals surface area contributed by atoms with Crippen molar-refractivity contribution in [1.82, 2.24) is 0 Å². The lowest BCUT2D eigenvalue weighted by Crippen LogP contribution is -2.12. The summed E-state index contributed by atoms with van der Waals surface area (Å²) in [5.41, 5.74) is 0.448. The molecule has 0 fully saturated rings. The summed E-state index contributed by atoms with van der Waals surface area (Å²) in [5.74, 6) is 1.97. The van der Waals surface area contributed by atoms with Gasteiger partial charge < -0.3 is 0 Å². The Balaban J connectivity index is 3.43. The van der Waals surface area contributed by atoms with Gasteiger partial charge in [0, 0.05) is 0 Å². The predicted octanol–water partition coefficient (Wildman–Crippen LogP) is 2.65. The van der Waals surface area contributed by atoms with Gasteiger partial charge in [-0.05, 0) is 29.8 Å². The molecule has 0 aromatic heterocycles. The molecule has 2 heteroatoms. The van der Waals surface area contributed by atoms with Crippen molar-refractivity contribution in [2.45, 2.75) is 26.7 Å². The van der Waals surface area contributed by atoms with E-state index in [4.69, 9.17) is 0 Å². The molecule has 0 rings (SSSR count). The lowest BCUT2D eigenvalue weighted by atomic mass is 9.87. The van der Waals surface area contributed by atoms with E-state index in [1.54, 1.807) is 0 Å². The molecule has 0 spiro atoms. The van der Waals surface area contributed by atoms with E-state index in [0.717, 1.165) is 11.5 Å². The fraction of sp³-hybridized carbons (Fsp3) is 1.00. The molecule has 0 saturated heterocycles. The van der Waals surface area contributed by atoms with Crippen molar-refractivity contribution in [1.29, 1.82) is 0 Å². The maximum atomic E-state index is 4.18. The van der Waals surface area contributed by atoms with Gasteiger partial charge >= 0.3 is 0 Å². The number of thiol groups is 2. The van der Waals surface area contributed by atoms with Crippen LogP contribution in [0.5, 0.6) is 0 Å². The zero-order valence-electron chi connectivity index (χ0n) is 6.22. The summed E-state index contributed by atoms with van der Waals surface area (Å²) in [6.07, 6.45) is 2.38. The average molecular weight is 164 g/mol. The summed E-state index contributed by atoms with van der Waals surface area (Å²) < 4.78 is 0. The summed E-state index contributed by atoms with van der Waals surface area (Å²) in [4.78, 5) is 0. The zero-order chi connectivity index (χ0) is 7.33. The third kappa shape index (κ3) is 5.16. The van der Waals surface area contributed by atoms with E-state index in [1.165, 1.54) is 12.8 Å². The van der Waals surface area contributed by atoms with Crippen LogP contribution in [0.1, 0.15) is 26.7 Å². The maximum Gasteiger partial charge on any atom is -0.00928 e. The molecule has 0 atom stereocenters. The standard InChI is InChI=1S/C7H16S2/c1-7(2,3-5-8)4-6-9/h8-9H,3-6H2,1-2H3. The predicted molar refractivity (Wildman–Crippen MR) is 50.7 cm³/mol. The Morgan fingerprint density at radius 3 is 1.56 bits per heavy atom. The Kier molecular flexibility index (Phi) is 4.86. The normalized spacial score (nSPS) is 12.0. The third-order valence-electron chi connectivity index (χ3n) is 1.58. The highest BCUT2D eigenvalue weighted by Gasteiger charge is 2.14. The molecule has 0 aliphatic rings. The first-order chi connectivity index (χ1) is 4.12. The molecular formula is C7H16S2. The Morgan fingerprint density at radius 2 is 1.33 bits per heavy atom. The van der Waals surface area contributed by atoms with Crippen LogP contribution in [0.25, 0.3) is 0 Å². The molecule has 9 heavy (non-hydrogen) atoms. The Morgan fingerprint density at radius 1 is 1.00 bits per heavy atom. The Hall–Kier alpha value is 0.700. The molecule has 0 bridgehead atoms. The summed E-state index contributed by atoms with van der Waals surface area (Å²) in [7, 11) is 0. The Labute approximate surface area is 69.2 Å². The van der Waals surface area contributed by atoms with Crippen LogP contribution in [0.3, 0.4) is 0 Å². The van der Waals surface area contributed by atoms with Gasteiger partial charge in [-0.1, -0.05) is 13.8 Å². The van der Waals surface area contributed by atoms with Gasteiger partial charge in [-0.2, -0.15) is 25.3 Å². The van der Waals surface area contributed by atoms with Crippen molar-refractivity contribution in [2.24, 2.45) is 5.41 Å². The van der Waals surface area contributed by atoms with Gasteiger partial charge in [-0.3, -0.25) is 0 Å². The molecule has 0 nitrogen and oxygen atoms in total. The van der Waals surface area contributed by atoms with E-state index in [9.17, 15) is 0 Å². The van der Waals surface area contributed by atoms with Crippen molar-refractivity contribution in [3.8, 4) is 0 Å². The van der Waals surface area contributed by atoms with E-state index in [0.29, 0.717) is 5.41 Å². The SMILES string of the molecule is CC(C)(CCS)CCS. The van der Waals surface area contributed by atoms with Gasteiger partial charge in [0.1, 0.15) is 0 Å². The van der Waals surface area contributed by atoms with Crippen molar-refractivity contribution >= 4 is 25.3 Å². The van der Waals surface area contributed by atoms with Crippen LogP contribution in [0, 0.1) is 5.41 Å². The van der Waals surface area contributed by atoms with Crippen LogP contribution in [-0.4, -0.2) is 11.5 Å². The summed E-state index contributed by atoms with van der Waals surface area (Å²) >= 11 is 8.36. The highest BCUT2D eigenvalue weighted by Crippen LogP contribution is 2.25. The smallest absolute Gasteiger partial charge is 0.00928 e. The fourth-order valence-electron chi connectivity index (χ4n) is 0.730. The molecule has 56 valence electrons. The summed E-state index contributed by atoms with van der Waals surface area (Å²) in [6.45, 7) is 4.53. The topological polar surface area (TPSA) is 0 Å². The monoisotopic (exact) mass is 164 g/mol. The molecular weight excluding hydrogens is 148 g/mol. The van der Waals surface area contributed by atoms with Crippen molar-refractivity contribution in [3.05, 3.63) is 0 Å². The van der Waals surface area contributed by atoms with Gasteiger partial charge in [-0.15, -0.1) is 0 Å². The lowest BCUT2D eigenvalue weighted by Gasteiger charge is -2.21. The molecule has 0 amide bonds. The first kappa shape index (κ1) is 9.70. The van der Waals surface area contributed by atoms with E-state index in [1.807, 2.05) is 0 Å². The van der Waals surface area contributed by atoms with Crippen molar-refractivity contribution < 1.29 is 0 Å². The summed E-state index contributed by atoms with van der Waals surface area (Å²) in [6, 6.07) is 0. The highest BCUT2D eigenvalue weighted by molar-refractivity contribution is 7.80. The highest BCUT2D eigenvalue weighted by atomic mass is 32.1. The molecule has 0 N–H and O–H groups in total. The van der Waals surface area contributed by atoms with Gasteiger partial charge in [0.05, 0.1) is 0 Å². The molecule has 0 radical (unpaired) electrons. The molecule has 0 heterocycles. The first-order valence-corrected chi connectivity index (χ1v) is 4.60. The van der Waals surface area contributed by atoms with Crippen LogP contribution in [0.4, 0.5) is 0 Å². The second-order valence-electron chi connectivity index (χ2n) is 3.11. The summed E-state index contributed by atoms with van der Waals surface area (Å²) in [5, 5.41) is 0. The second kappa shape index (κ2) is 4.51. The van der Waals surface area contributed by atoms with Gasteiger partial charge in [0.15, 0.2) is 0 Å². The minimum Gasteiger partial charge on any atom is -0.179 e. The first-order valence-electron chi connectivity index (χ1n) is 3.34. The van der Waals surface area contributed by atoms with Crippen molar-refractivity contribution in [2.75, 3.05) is 11.5 Å². The lowest BCUT2D eigenvalue weighted by molar-refractivity contribution is 0.345. The van der Waals surface area contributed by atoms with Crippen LogP contribution in [0.2, 0.25) is 0 Å². The maximum absolute atomic E-state index is 4.18. The molecule has 0 saturated carbocycles. The van der Waals surface area contributed by atoms with E-state index in [2.05, 4.69) is 39.1 Å². The number of rotatable bonds is 4.